The highest BCUT2D eigenvalue weighted by Crippen LogP contribution is 2.07. The van der Waals surface area contributed by atoms with Crippen molar-refractivity contribution in [2.75, 3.05) is 0 Å². The van der Waals surface area contributed by atoms with Gasteiger partial charge in [0, 0.05) is 18.9 Å². The molecule has 2 heterocycles. The Morgan fingerprint density at radius 2 is 2.29 bits per heavy atom. The number of H-pyrrole nitrogens is 1. The van der Waals surface area contributed by atoms with E-state index in [1.807, 2.05) is 6.92 Å². The molecule has 14 heavy (non-hydrogen) atoms. The first-order valence-corrected chi connectivity index (χ1v) is 4.18. The first-order chi connectivity index (χ1) is 6.72. The number of hydrogen-bond acceptors (Lipinski definition) is 4. The summed E-state index contributed by atoms with van der Waals surface area (Å²) >= 11 is 0. The average Bonchev–Trinajstić information content (AvgIpc) is 2.17. The van der Waals surface area contributed by atoms with Crippen molar-refractivity contribution < 1.29 is 0 Å². The van der Waals surface area contributed by atoms with Gasteiger partial charge >= 0.3 is 5.69 Å². The summed E-state index contributed by atoms with van der Waals surface area (Å²) in [5.74, 6) is 0.323. The SMILES string of the molecule is CCn1ccnc2c(=O)[nH]c(=O)nc1-2. The molecule has 0 unspecified atom stereocenters. The molecule has 2 aliphatic rings. The number of nitrogens with zero attached hydrogens (tertiary/aromatic N) is 3. The molecule has 0 fully saturated rings. The Kier molecular flexibility index (Phi) is 1.88. The quantitative estimate of drug-likeness (QED) is 0.657. The molecule has 2 aliphatic heterocycles. The van der Waals surface area contributed by atoms with Gasteiger partial charge in [-0.1, -0.05) is 0 Å². The van der Waals surface area contributed by atoms with Crippen LogP contribution in [0.15, 0.2) is 22.0 Å². The van der Waals surface area contributed by atoms with Crippen molar-refractivity contribution in [1.82, 2.24) is 19.5 Å². The summed E-state index contributed by atoms with van der Waals surface area (Å²) in [7, 11) is 0. The van der Waals surface area contributed by atoms with Gasteiger partial charge in [-0.15, -0.1) is 0 Å². The maximum atomic E-state index is 11.3. The van der Waals surface area contributed by atoms with Crippen molar-refractivity contribution in [3.8, 4) is 11.5 Å². The number of aromatic amines is 1. The number of fused-ring (bicyclic) bond motifs is 1. The van der Waals surface area contributed by atoms with Crippen LogP contribution in [0, 0.1) is 0 Å². The van der Waals surface area contributed by atoms with Crippen molar-refractivity contribution in [2.45, 2.75) is 13.5 Å². The molecule has 2 rings (SSSR count). The van der Waals surface area contributed by atoms with Gasteiger partial charge in [-0.2, -0.15) is 4.98 Å². The molecule has 0 saturated carbocycles. The third-order valence-corrected chi connectivity index (χ3v) is 1.92. The molecule has 0 saturated heterocycles. The fraction of sp³-hybridized carbons (Fsp3) is 0.250. The van der Waals surface area contributed by atoms with E-state index >= 15 is 0 Å². The van der Waals surface area contributed by atoms with Crippen molar-refractivity contribution in [3.63, 3.8) is 0 Å². The molecular weight excluding hydrogens is 184 g/mol. The minimum Gasteiger partial charge on any atom is -0.330 e. The van der Waals surface area contributed by atoms with Crippen LogP contribution in [-0.4, -0.2) is 19.5 Å². The van der Waals surface area contributed by atoms with Crippen molar-refractivity contribution in [1.29, 1.82) is 0 Å². The summed E-state index contributed by atoms with van der Waals surface area (Å²) in [4.78, 5) is 31.9. The number of hydrogen-bond donors (Lipinski definition) is 1. The molecular formula is C8H8N4O2. The van der Waals surface area contributed by atoms with Crippen molar-refractivity contribution in [2.24, 2.45) is 0 Å². The van der Waals surface area contributed by atoms with Crippen LogP contribution in [0.4, 0.5) is 0 Å². The molecule has 6 nitrogen and oxygen atoms in total. The Hall–Kier alpha value is -1.98. The van der Waals surface area contributed by atoms with E-state index in [1.54, 1.807) is 10.8 Å². The molecule has 0 aliphatic carbocycles. The highest BCUT2D eigenvalue weighted by Gasteiger charge is 2.12. The lowest BCUT2D eigenvalue weighted by atomic mass is 10.4. The molecule has 0 radical (unpaired) electrons. The molecule has 0 bridgehead atoms. The predicted molar refractivity (Wildman–Crippen MR) is 49.2 cm³/mol. The Bertz CT molecular complexity index is 542. The van der Waals surface area contributed by atoms with Gasteiger partial charge in [-0.25, -0.2) is 9.78 Å². The number of nitrogens with one attached hydrogen (secondary N) is 1. The Balaban J connectivity index is 2.91. The molecule has 72 valence electrons. The third-order valence-electron chi connectivity index (χ3n) is 1.92. The molecule has 0 atom stereocenters. The van der Waals surface area contributed by atoms with E-state index in [-0.39, 0.29) is 5.69 Å². The lowest BCUT2D eigenvalue weighted by Gasteiger charge is -2.08. The van der Waals surface area contributed by atoms with Crippen LogP contribution in [0.5, 0.6) is 0 Å². The van der Waals surface area contributed by atoms with Gasteiger partial charge in [0.1, 0.15) is 0 Å². The molecule has 0 aromatic heterocycles. The summed E-state index contributed by atoms with van der Waals surface area (Å²) < 4.78 is 1.69. The second-order valence-electron chi connectivity index (χ2n) is 2.76. The average molecular weight is 192 g/mol. The van der Waals surface area contributed by atoms with E-state index in [4.69, 9.17) is 0 Å². The lowest BCUT2D eigenvalue weighted by molar-refractivity contribution is 0.727. The van der Waals surface area contributed by atoms with Gasteiger partial charge in [0.05, 0.1) is 0 Å². The molecule has 0 amide bonds. The fourth-order valence-corrected chi connectivity index (χ4v) is 1.27. The highest BCUT2D eigenvalue weighted by molar-refractivity contribution is 5.47. The van der Waals surface area contributed by atoms with E-state index in [0.717, 1.165) is 0 Å². The van der Waals surface area contributed by atoms with Gasteiger partial charge in [-0.05, 0) is 6.92 Å². The summed E-state index contributed by atoms with van der Waals surface area (Å²) in [5.41, 5.74) is -0.950. The number of aryl methyl sites for hydroxylation is 1. The minimum absolute atomic E-state index is 0.189. The highest BCUT2D eigenvalue weighted by atomic mass is 16.2. The number of aromatic nitrogens is 4. The van der Waals surface area contributed by atoms with Crippen LogP contribution in [0.25, 0.3) is 11.5 Å². The van der Waals surface area contributed by atoms with Crippen LogP contribution in [0.1, 0.15) is 6.92 Å². The van der Waals surface area contributed by atoms with Crippen LogP contribution in [0.3, 0.4) is 0 Å². The van der Waals surface area contributed by atoms with Gasteiger partial charge in [0.25, 0.3) is 5.56 Å². The molecule has 0 aromatic carbocycles. The summed E-state index contributed by atoms with van der Waals surface area (Å²) in [5, 5.41) is 0. The standard InChI is InChI=1S/C8H8N4O2/c1-2-12-4-3-9-5-6(12)10-8(14)11-7(5)13/h3-4H,2H2,1H3,(H,11,13,14). The van der Waals surface area contributed by atoms with Gasteiger partial charge in [0.2, 0.25) is 0 Å². The Labute approximate surface area is 78.6 Å². The normalized spacial score (nSPS) is 10.6. The zero-order valence-electron chi connectivity index (χ0n) is 7.52. The van der Waals surface area contributed by atoms with Crippen LogP contribution in [-0.2, 0) is 6.54 Å². The third kappa shape index (κ3) is 1.20. The first kappa shape index (κ1) is 8.61. The zero-order chi connectivity index (χ0) is 10.1. The molecule has 6 heteroatoms. The number of rotatable bonds is 1. The van der Waals surface area contributed by atoms with Gasteiger partial charge in [-0.3, -0.25) is 9.78 Å². The summed E-state index contributed by atoms with van der Waals surface area (Å²) in [6, 6.07) is 0. The summed E-state index contributed by atoms with van der Waals surface area (Å²) in [6.45, 7) is 2.53. The van der Waals surface area contributed by atoms with Crippen LogP contribution >= 0.6 is 0 Å². The Morgan fingerprint density at radius 3 is 3.00 bits per heavy atom. The molecule has 0 spiro atoms. The zero-order valence-corrected chi connectivity index (χ0v) is 7.52. The first-order valence-electron chi connectivity index (χ1n) is 4.18. The maximum Gasteiger partial charge on any atom is 0.349 e. The second kappa shape index (κ2) is 3.06. The van der Waals surface area contributed by atoms with Crippen molar-refractivity contribution in [3.05, 3.63) is 33.2 Å². The minimum atomic E-state index is -0.641. The topological polar surface area (TPSA) is 80.6 Å². The summed E-state index contributed by atoms with van der Waals surface area (Å²) in [6.07, 6.45) is 3.18. The van der Waals surface area contributed by atoms with Crippen LogP contribution < -0.4 is 11.2 Å². The Morgan fingerprint density at radius 1 is 1.50 bits per heavy atom. The van der Waals surface area contributed by atoms with Crippen molar-refractivity contribution >= 4 is 0 Å². The van der Waals surface area contributed by atoms with E-state index in [9.17, 15) is 9.59 Å². The molecule has 0 aromatic rings. The molecule has 1 N–H and O–H groups in total. The van der Waals surface area contributed by atoms with Crippen LogP contribution in [0.2, 0.25) is 0 Å². The van der Waals surface area contributed by atoms with Gasteiger partial charge in [0.15, 0.2) is 11.5 Å². The fourth-order valence-electron chi connectivity index (χ4n) is 1.27. The monoisotopic (exact) mass is 192 g/mol. The van der Waals surface area contributed by atoms with E-state index in [0.29, 0.717) is 12.4 Å². The van der Waals surface area contributed by atoms with E-state index < -0.39 is 11.2 Å². The lowest BCUT2D eigenvalue weighted by Crippen LogP contribution is -2.28. The van der Waals surface area contributed by atoms with E-state index in [2.05, 4.69) is 15.0 Å². The largest absolute Gasteiger partial charge is 0.349 e. The van der Waals surface area contributed by atoms with Gasteiger partial charge < -0.3 is 4.57 Å². The smallest absolute Gasteiger partial charge is 0.330 e. The predicted octanol–water partition coefficient (Wildman–Crippen LogP) is -0.549. The second-order valence-corrected chi connectivity index (χ2v) is 2.76. The maximum absolute atomic E-state index is 11.3. The van der Waals surface area contributed by atoms with E-state index in [1.165, 1.54) is 6.20 Å².